The molecule has 144 valence electrons. The fraction of sp³-hybridized carbons (Fsp3) is 0.789. The third-order valence-electron chi connectivity index (χ3n) is 5.81. The molecule has 4 rings (SSSR count). The van der Waals surface area contributed by atoms with Gasteiger partial charge in [-0.3, -0.25) is 9.89 Å². The molecule has 3 aliphatic rings. The Morgan fingerprint density at radius 2 is 2.15 bits per heavy atom. The molecular weight excluding hydrogens is 328 g/mol. The Balaban J connectivity index is 1.25. The Bertz CT molecular complexity index is 590. The molecule has 0 aromatic carbocycles. The van der Waals surface area contributed by atoms with Gasteiger partial charge >= 0.3 is 0 Å². The highest BCUT2D eigenvalue weighted by molar-refractivity contribution is 5.79. The Labute approximate surface area is 156 Å². The van der Waals surface area contributed by atoms with Crippen molar-refractivity contribution in [2.45, 2.75) is 38.8 Å². The lowest BCUT2D eigenvalue weighted by Gasteiger charge is -2.37. The molecular formula is C19H32N6O. The molecule has 2 saturated heterocycles. The number of imidazole rings is 1. The zero-order valence-corrected chi connectivity index (χ0v) is 16.0. The summed E-state index contributed by atoms with van der Waals surface area (Å²) >= 11 is 0. The molecule has 1 unspecified atom stereocenters. The van der Waals surface area contributed by atoms with Gasteiger partial charge in [-0.2, -0.15) is 0 Å². The van der Waals surface area contributed by atoms with Crippen molar-refractivity contribution in [3.8, 4) is 0 Å². The first kappa shape index (κ1) is 17.8. The number of ether oxygens (including phenoxy) is 1. The van der Waals surface area contributed by atoms with Gasteiger partial charge in [0, 0.05) is 65.5 Å². The van der Waals surface area contributed by atoms with Crippen LogP contribution in [0, 0.1) is 5.92 Å². The van der Waals surface area contributed by atoms with Gasteiger partial charge in [-0.25, -0.2) is 4.98 Å². The van der Waals surface area contributed by atoms with E-state index >= 15 is 0 Å². The third-order valence-corrected chi connectivity index (χ3v) is 5.81. The van der Waals surface area contributed by atoms with Crippen molar-refractivity contribution in [3.63, 3.8) is 0 Å². The van der Waals surface area contributed by atoms with Crippen LogP contribution in [0.3, 0.4) is 0 Å². The molecule has 0 saturated carbocycles. The van der Waals surface area contributed by atoms with Crippen LogP contribution in [0.4, 0.5) is 0 Å². The van der Waals surface area contributed by atoms with Crippen LogP contribution < -0.4 is 5.32 Å². The average Bonchev–Trinajstić information content (AvgIpc) is 3.32. The topological polar surface area (TPSA) is 57.9 Å². The van der Waals surface area contributed by atoms with Gasteiger partial charge in [0.05, 0.1) is 18.8 Å². The summed E-state index contributed by atoms with van der Waals surface area (Å²) in [5.74, 6) is 2.97. The lowest BCUT2D eigenvalue weighted by Crippen LogP contribution is -2.53. The van der Waals surface area contributed by atoms with Crippen LogP contribution in [0.25, 0.3) is 0 Å². The van der Waals surface area contributed by atoms with Gasteiger partial charge in [0.2, 0.25) is 0 Å². The highest BCUT2D eigenvalue weighted by Gasteiger charge is 2.24. The summed E-state index contributed by atoms with van der Waals surface area (Å²) in [6.45, 7) is 9.22. The maximum atomic E-state index is 5.51. The molecule has 2 fully saturated rings. The van der Waals surface area contributed by atoms with Crippen molar-refractivity contribution in [2.24, 2.45) is 10.9 Å². The number of fused-ring (bicyclic) bond motifs is 1. The first-order valence-corrected chi connectivity index (χ1v) is 10.1. The molecule has 4 heterocycles. The minimum absolute atomic E-state index is 0.728. The fourth-order valence-corrected chi connectivity index (χ4v) is 4.29. The van der Waals surface area contributed by atoms with Crippen molar-refractivity contribution in [3.05, 3.63) is 17.7 Å². The van der Waals surface area contributed by atoms with E-state index in [-0.39, 0.29) is 0 Å². The quantitative estimate of drug-likeness (QED) is 0.640. The van der Waals surface area contributed by atoms with E-state index in [9.17, 15) is 0 Å². The average molecular weight is 361 g/mol. The Morgan fingerprint density at radius 1 is 1.27 bits per heavy atom. The predicted octanol–water partition coefficient (Wildman–Crippen LogP) is 0.949. The maximum Gasteiger partial charge on any atom is 0.194 e. The summed E-state index contributed by atoms with van der Waals surface area (Å²) in [6.07, 6.45) is 7.08. The molecule has 7 heteroatoms. The van der Waals surface area contributed by atoms with E-state index in [2.05, 4.69) is 30.9 Å². The van der Waals surface area contributed by atoms with Crippen LogP contribution in [0.2, 0.25) is 0 Å². The SMILES string of the molecule is CN=C(NCc1cn2c(n1)CCCC2)N1CCN(CC2CCOC2)CC1. The molecule has 0 bridgehead atoms. The van der Waals surface area contributed by atoms with Crippen LogP contribution in [0.15, 0.2) is 11.2 Å². The summed E-state index contributed by atoms with van der Waals surface area (Å²) in [5.41, 5.74) is 1.13. The third kappa shape index (κ3) is 4.20. The number of aliphatic imine (C=N–C) groups is 1. The number of nitrogens with zero attached hydrogens (tertiary/aromatic N) is 5. The molecule has 26 heavy (non-hydrogen) atoms. The number of rotatable bonds is 4. The van der Waals surface area contributed by atoms with Crippen LogP contribution in [-0.4, -0.2) is 78.3 Å². The molecule has 0 amide bonds. The van der Waals surface area contributed by atoms with E-state index in [0.717, 1.165) is 76.5 Å². The van der Waals surface area contributed by atoms with Crippen molar-refractivity contribution in [2.75, 3.05) is 53.0 Å². The molecule has 1 aromatic rings. The number of aryl methyl sites for hydroxylation is 2. The first-order valence-electron chi connectivity index (χ1n) is 10.1. The summed E-state index contributed by atoms with van der Waals surface area (Å²) in [6, 6.07) is 0. The molecule has 0 radical (unpaired) electrons. The maximum absolute atomic E-state index is 5.51. The number of hydrogen-bond acceptors (Lipinski definition) is 4. The highest BCUT2D eigenvalue weighted by Crippen LogP contribution is 2.16. The van der Waals surface area contributed by atoms with E-state index in [4.69, 9.17) is 9.72 Å². The van der Waals surface area contributed by atoms with Gasteiger partial charge in [0.1, 0.15) is 5.82 Å². The molecule has 0 aliphatic carbocycles. The van der Waals surface area contributed by atoms with Gasteiger partial charge in [0.25, 0.3) is 0 Å². The van der Waals surface area contributed by atoms with Gasteiger partial charge in [-0.05, 0) is 25.2 Å². The minimum Gasteiger partial charge on any atom is -0.381 e. The van der Waals surface area contributed by atoms with Gasteiger partial charge < -0.3 is 19.5 Å². The number of nitrogens with one attached hydrogen (secondary N) is 1. The monoisotopic (exact) mass is 360 g/mol. The summed E-state index contributed by atoms with van der Waals surface area (Å²) in [7, 11) is 1.88. The molecule has 0 spiro atoms. The molecule has 1 N–H and O–H groups in total. The first-order chi connectivity index (χ1) is 12.8. The molecule has 1 atom stereocenters. The number of piperazine rings is 1. The fourth-order valence-electron chi connectivity index (χ4n) is 4.29. The van der Waals surface area contributed by atoms with E-state index in [0.29, 0.717) is 0 Å². The largest absolute Gasteiger partial charge is 0.381 e. The molecule has 3 aliphatic heterocycles. The number of guanidine groups is 1. The Kier molecular flexibility index (Phi) is 5.75. The van der Waals surface area contributed by atoms with E-state index in [1.54, 1.807) is 0 Å². The summed E-state index contributed by atoms with van der Waals surface area (Å²) < 4.78 is 7.82. The van der Waals surface area contributed by atoms with Gasteiger partial charge in [0.15, 0.2) is 5.96 Å². The second-order valence-corrected chi connectivity index (χ2v) is 7.72. The van der Waals surface area contributed by atoms with E-state index < -0.39 is 0 Å². The minimum atomic E-state index is 0.728. The zero-order valence-electron chi connectivity index (χ0n) is 16.0. The lowest BCUT2D eigenvalue weighted by atomic mass is 10.1. The Hall–Kier alpha value is -1.60. The normalized spacial score (nSPS) is 24.7. The van der Waals surface area contributed by atoms with Crippen LogP contribution >= 0.6 is 0 Å². The second kappa shape index (κ2) is 8.39. The Morgan fingerprint density at radius 3 is 2.88 bits per heavy atom. The molecule has 7 nitrogen and oxygen atoms in total. The highest BCUT2D eigenvalue weighted by atomic mass is 16.5. The van der Waals surface area contributed by atoms with Crippen molar-refractivity contribution in [1.29, 1.82) is 0 Å². The van der Waals surface area contributed by atoms with Crippen molar-refractivity contribution in [1.82, 2.24) is 24.7 Å². The van der Waals surface area contributed by atoms with E-state index in [1.807, 2.05) is 7.05 Å². The number of hydrogen-bond donors (Lipinski definition) is 1. The standard InChI is InChI=1S/C19H32N6O/c1-20-19(21-12-17-14-25-6-3-2-4-18(25)22-17)24-9-7-23(8-10-24)13-16-5-11-26-15-16/h14,16H,2-13,15H2,1H3,(H,20,21). The van der Waals surface area contributed by atoms with Crippen molar-refractivity contribution < 1.29 is 4.74 Å². The van der Waals surface area contributed by atoms with Gasteiger partial charge in [-0.1, -0.05) is 0 Å². The smallest absolute Gasteiger partial charge is 0.194 e. The number of aromatic nitrogens is 2. The molecule has 1 aromatic heterocycles. The summed E-state index contributed by atoms with van der Waals surface area (Å²) in [4.78, 5) is 14.2. The van der Waals surface area contributed by atoms with Crippen molar-refractivity contribution >= 4 is 5.96 Å². The van der Waals surface area contributed by atoms with Crippen LogP contribution in [0.1, 0.15) is 30.8 Å². The lowest BCUT2D eigenvalue weighted by molar-refractivity contribution is 0.139. The predicted molar refractivity (Wildman–Crippen MR) is 102 cm³/mol. The van der Waals surface area contributed by atoms with E-state index in [1.165, 1.54) is 31.6 Å². The second-order valence-electron chi connectivity index (χ2n) is 7.72. The van der Waals surface area contributed by atoms with Gasteiger partial charge in [-0.15, -0.1) is 0 Å². The summed E-state index contributed by atoms with van der Waals surface area (Å²) in [5, 5.41) is 3.51. The zero-order chi connectivity index (χ0) is 17.8. The van der Waals surface area contributed by atoms with Crippen LogP contribution in [-0.2, 0) is 24.2 Å². The van der Waals surface area contributed by atoms with Crippen LogP contribution in [0.5, 0.6) is 0 Å².